The van der Waals surface area contributed by atoms with E-state index in [0.29, 0.717) is 30.3 Å². The summed E-state index contributed by atoms with van der Waals surface area (Å²) in [5.41, 5.74) is -1.48. The molecule has 0 spiro atoms. The van der Waals surface area contributed by atoms with E-state index in [-0.39, 0.29) is 0 Å². The average molecular weight is 468 g/mol. The van der Waals surface area contributed by atoms with E-state index >= 15 is 0 Å². The predicted octanol–water partition coefficient (Wildman–Crippen LogP) is 7.56. The van der Waals surface area contributed by atoms with Gasteiger partial charge in [-0.25, -0.2) is 9.18 Å². The van der Waals surface area contributed by atoms with Crippen LogP contribution < -0.4 is 10.1 Å². The number of hydrogen-bond acceptors (Lipinski definition) is 4. The topological polar surface area (TPSA) is 59.9 Å². The van der Waals surface area contributed by atoms with Gasteiger partial charge in [-0.2, -0.15) is 13.2 Å². The molecule has 180 valence electrons. The molecule has 0 unspecified atom stereocenters. The molecule has 0 saturated carbocycles. The highest BCUT2D eigenvalue weighted by Gasteiger charge is 2.34. The number of nitrogens with zero attached hydrogens (tertiary/aromatic N) is 1. The summed E-state index contributed by atoms with van der Waals surface area (Å²) < 4.78 is 57.7. The Morgan fingerprint density at radius 2 is 1.67 bits per heavy atom. The Balaban J connectivity index is 1.73. The number of halogens is 4. The van der Waals surface area contributed by atoms with Crippen LogP contribution in [0, 0.1) is 5.82 Å². The predicted molar refractivity (Wildman–Crippen MR) is 119 cm³/mol. The van der Waals surface area contributed by atoms with Crippen LogP contribution in [0.2, 0.25) is 0 Å². The molecule has 0 aliphatic heterocycles. The number of alkyl halides is 3. The Morgan fingerprint density at radius 3 is 2.33 bits per heavy atom. The van der Waals surface area contributed by atoms with Crippen molar-refractivity contribution in [1.29, 1.82) is 0 Å². The van der Waals surface area contributed by atoms with Crippen LogP contribution in [-0.2, 0) is 11.0 Å². The largest absolute Gasteiger partial charge is 0.494 e. The summed E-state index contributed by atoms with van der Waals surface area (Å²) in [5, 5.41) is 5.65. The van der Waals surface area contributed by atoms with Crippen LogP contribution in [-0.4, -0.2) is 18.9 Å². The zero-order valence-corrected chi connectivity index (χ0v) is 18.5. The molecule has 0 radical (unpaired) electrons. The standard InChI is InChI=1S/C24H28F4N2O3/c1-2-3-4-5-6-7-8-16-32-20-14-12-19(13-15-20)30-23(31)33-29-17-18-10-9-11-21(22(18)25)24(26,27)28/h9-15,17H,2-8,16H2,1H3,(H,30,31)/b29-17+. The van der Waals surface area contributed by atoms with E-state index in [1.165, 1.54) is 32.1 Å². The monoisotopic (exact) mass is 468 g/mol. The summed E-state index contributed by atoms with van der Waals surface area (Å²) in [5.74, 6) is -0.831. The summed E-state index contributed by atoms with van der Waals surface area (Å²) in [4.78, 5) is 16.3. The minimum atomic E-state index is -4.84. The Morgan fingerprint density at radius 1 is 1.00 bits per heavy atom. The van der Waals surface area contributed by atoms with Gasteiger partial charge < -0.3 is 4.74 Å². The number of carbonyl (C=O) groups excluding carboxylic acids is 1. The lowest BCUT2D eigenvalue weighted by Crippen LogP contribution is -2.11. The van der Waals surface area contributed by atoms with Crippen LogP contribution in [0.3, 0.4) is 0 Å². The van der Waals surface area contributed by atoms with Crippen LogP contribution in [0.4, 0.5) is 28.0 Å². The molecule has 2 rings (SSSR count). The maximum atomic E-state index is 13.9. The Hall–Kier alpha value is -3.10. The number of rotatable bonds is 12. The van der Waals surface area contributed by atoms with Crippen molar-refractivity contribution < 1.29 is 31.9 Å². The SMILES string of the molecule is CCCCCCCCCOc1ccc(NC(=O)O/N=C/c2cccc(C(F)(F)F)c2F)cc1. The third kappa shape index (κ3) is 9.51. The third-order valence-corrected chi connectivity index (χ3v) is 4.78. The fraction of sp³-hybridized carbons (Fsp3) is 0.417. The van der Waals surface area contributed by atoms with Crippen molar-refractivity contribution in [3.8, 4) is 5.75 Å². The second-order valence-corrected chi connectivity index (χ2v) is 7.44. The van der Waals surface area contributed by atoms with Gasteiger partial charge in [0.25, 0.3) is 0 Å². The highest BCUT2D eigenvalue weighted by Crippen LogP contribution is 2.32. The van der Waals surface area contributed by atoms with Crippen LogP contribution in [0.1, 0.15) is 63.0 Å². The molecule has 1 N–H and O–H groups in total. The molecule has 0 atom stereocenters. The van der Waals surface area contributed by atoms with E-state index in [0.717, 1.165) is 25.0 Å². The van der Waals surface area contributed by atoms with Gasteiger partial charge in [0.15, 0.2) is 0 Å². The van der Waals surface area contributed by atoms with E-state index in [2.05, 4.69) is 22.2 Å². The fourth-order valence-corrected chi connectivity index (χ4v) is 3.02. The van der Waals surface area contributed by atoms with Crippen LogP contribution in [0.15, 0.2) is 47.6 Å². The molecule has 9 heteroatoms. The van der Waals surface area contributed by atoms with Crippen molar-refractivity contribution in [1.82, 2.24) is 0 Å². The number of oxime groups is 1. The second kappa shape index (κ2) is 13.4. The Labute approximate surface area is 190 Å². The molecule has 0 aromatic heterocycles. The average Bonchev–Trinajstić information content (AvgIpc) is 2.77. The van der Waals surface area contributed by atoms with Crippen molar-refractivity contribution in [2.45, 2.75) is 58.0 Å². The summed E-state index contributed by atoms with van der Waals surface area (Å²) >= 11 is 0. The molecule has 2 aromatic carbocycles. The molecule has 0 fully saturated rings. The quantitative estimate of drug-likeness (QED) is 0.115. The van der Waals surface area contributed by atoms with Crippen molar-refractivity contribution >= 4 is 18.0 Å². The van der Waals surface area contributed by atoms with Gasteiger partial charge in [-0.3, -0.25) is 10.2 Å². The minimum Gasteiger partial charge on any atom is -0.494 e. The smallest absolute Gasteiger partial charge is 0.437 e. The minimum absolute atomic E-state index is 0.406. The second-order valence-electron chi connectivity index (χ2n) is 7.44. The van der Waals surface area contributed by atoms with Gasteiger partial charge in [-0.1, -0.05) is 62.7 Å². The molecule has 1 amide bonds. The highest BCUT2D eigenvalue weighted by atomic mass is 19.4. The molecule has 0 aliphatic carbocycles. The van der Waals surface area contributed by atoms with Gasteiger partial charge in [0, 0.05) is 11.3 Å². The van der Waals surface area contributed by atoms with Crippen molar-refractivity contribution in [2.24, 2.45) is 5.16 Å². The lowest BCUT2D eigenvalue weighted by molar-refractivity contribution is -0.140. The molecular weight excluding hydrogens is 440 g/mol. The van der Waals surface area contributed by atoms with Crippen LogP contribution in [0.5, 0.6) is 5.75 Å². The van der Waals surface area contributed by atoms with Crippen molar-refractivity contribution in [2.75, 3.05) is 11.9 Å². The van der Waals surface area contributed by atoms with Gasteiger partial charge in [-0.15, -0.1) is 0 Å². The number of carbonyl (C=O) groups is 1. The zero-order chi connectivity index (χ0) is 24.1. The first-order chi connectivity index (χ1) is 15.8. The fourth-order valence-electron chi connectivity index (χ4n) is 3.02. The molecule has 33 heavy (non-hydrogen) atoms. The summed E-state index contributed by atoms with van der Waals surface area (Å²) in [7, 11) is 0. The number of unbranched alkanes of at least 4 members (excludes halogenated alkanes) is 6. The van der Waals surface area contributed by atoms with Gasteiger partial charge in [0.1, 0.15) is 11.6 Å². The number of hydrogen-bond donors (Lipinski definition) is 1. The lowest BCUT2D eigenvalue weighted by atomic mass is 10.1. The maximum Gasteiger partial charge on any atom is 0.437 e. The highest BCUT2D eigenvalue weighted by molar-refractivity contribution is 5.86. The Bertz CT molecular complexity index is 900. The van der Waals surface area contributed by atoms with E-state index in [1.807, 2.05) is 0 Å². The number of benzene rings is 2. The molecule has 5 nitrogen and oxygen atoms in total. The first kappa shape index (κ1) is 26.2. The Kier molecular flexibility index (Phi) is 10.7. The lowest BCUT2D eigenvalue weighted by Gasteiger charge is -2.09. The molecular formula is C24H28F4N2O3. The number of ether oxygens (including phenoxy) is 1. The van der Waals surface area contributed by atoms with Gasteiger partial charge in [0.2, 0.25) is 0 Å². The normalized spacial score (nSPS) is 11.5. The first-order valence-corrected chi connectivity index (χ1v) is 10.9. The first-order valence-electron chi connectivity index (χ1n) is 10.9. The molecule has 0 bridgehead atoms. The molecule has 0 heterocycles. The van der Waals surface area contributed by atoms with E-state index in [1.54, 1.807) is 24.3 Å². The molecule has 2 aromatic rings. The maximum absolute atomic E-state index is 13.9. The summed E-state index contributed by atoms with van der Waals surface area (Å²) in [6.45, 7) is 2.81. The van der Waals surface area contributed by atoms with Gasteiger partial charge in [-0.05, 0) is 36.8 Å². The number of nitrogens with one attached hydrogen (secondary N) is 1. The summed E-state index contributed by atoms with van der Waals surface area (Å²) in [6.07, 6.45) is 3.24. The van der Waals surface area contributed by atoms with Crippen LogP contribution in [0.25, 0.3) is 0 Å². The summed E-state index contributed by atoms with van der Waals surface area (Å²) in [6, 6.07) is 9.33. The zero-order valence-electron chi connectivity index (χ0n) is 18.5. The number of amides is 1. The molecule has 0 aliphatic rings. The van der Waals surface area contributed by atoms with Gasteiger partial charge >= 0.3 is 12.3 Å². The molecule has 0 saturated heterocycles. The van der Waals surface area contributed by atoms with E-state index < -0.39 is 29.2 Å². The number of anilines is 1. The van der Waals surface area contributed by atoms with Crippen molar-refractivity contribution in [3.63, 3.8) is 0 Å². The third-order valence-electron chi connectivity index (χ3n) is 4.78. The van der Waals surface area contributed by atoms with Crippen molar-refractivity contribution in [3.05, 3.63) is 59.4 Å². The van der Waals surface area contributed by atoms with Crippen LogP contribution >= 0.6 is 0 Å². The van der Waals surface area contributed by atoms with E-state index in [9.17, 15) is 22.4 Å². The van der Waals surface area contributed by atoms with E-state index in [4.69, 9.17) is 4.74 Å². The van der Waals surface area contributed by atoms with Gasteiger partial charge in [0.05, 0.1) is 18.4 Å².